The molecule has 124 valence electrons. The van der Waals surface area contributed by atoms with E-state index in [0.717, 1.165) is 27.2 Å². The van der Waals surface area contributed by atoms with Crippen molar-refractivity contribution < 1.29 is 4.92 Å². The van der Waals surface area contributed by atoms with Gasteiger partial charge in [-0.15, -0.1) is 11.3 Å². The Balaban J connectivity index is 1.64. The normalized spacial score (nSPS) is 11.1. The molecule has 0 saturated carbocycles. The molecule has 0 radical (unpaired) electrons. The Bertz CT molecular complexity index is 1070. The van der Waals surface area contributed by atoms with Crippen molar-refractivity contribution in [2.45, 2.75) is 13.5 Å². The van der Waals surface area contributed by atoms with Crippen molar-refractivity contribution in [2.75, 3.05) is 0 Å². The van der Waals surface area contributed by atoms with Gasteiger partial charge in [-0.2, -0.15) is 5.10 Å². The highest BCUT2D eigenvalue weighted by Gasteiger charge is 2.12. The third-order valence-corrected chi connectivity index (χ3v) is 4.94. The molecule has 4 rings (SSSR count). The van der Waals surface area contributed by atoms with Crippen LogP contribution in [0.3, 0.4) is 0 Å². The van der Waals surface area contributed by atoms with Crippen molar-refractivity contribution >= 4 is 27.9 Å². The minimum absolute atomic E-state index is 0.0628. The average molecular weight is 350 g/mol. The number of nitrogens with zero attached hydrogens (tertiary/aromatic N) is 4. The Morgan fingerprint density at radius 3 is 2.76 bits per heavy atom. The number of hydrogen-bond acceptors (Lipinski definition) is 5. The third kappa shape index (κ3) is 3.01. The highest BCUT2D eigenvalue weighted by molar-refractivity contribution is 7.13. The van der Waals surface area contributed by atoms with E-state index in [1.807, 2.05) is 5.38 Å². The summed E-state index contributed by atoms with van der Waals surface area (Å²) in [4.78, 5) is 15.3. The highest BCUT2D eigenvalue weighted by Crippen LogP contribution is 2.26. The van der Waals surface area contributed by atoms with Crippen LogP contribution in [0.2, 0.25) is 0 Å². The molecule has 0 amide bonds. The van der Waals surface area contributed by atoms with Crippen molar-refractivity contribution in [3.05, 3.63) is 75.4 Å². The summed E-state index contributed by atoms with van der Waals surface area (Å²) in [5.41, 5.74) is 3.98. The summed E-state index contributed by atoms with van der Waals surface area (Å²) in [7, 11) is 0. The van der Waals surface area contributed by atoms with Gasteiger partial charge in [-0.1, -0.05) is 29.8 Å². The lowest BCUT2D eigenvalue weighted by Gasteiger charge is -2.01. The van der Waals surface area contributed by atoms with Crippen LogP contribution in [0.4, 0.5) is 5.69 Å². The molecule has 0 fully saturated rings. The second kappa shape index (κ2) is 6.10. The summed E-state index contributed by atoms with van der Waals surface area (Å²) >= 11 is 1.58. The van der Waals surface area contributed by atoms with E-state index in [4.69, 9.17) is 0 Å². The Hall–Kier alpha value is -3.06. The van der Waals surface area contributed by atoms with Crippen molar-refractivity contribution in [2.24, 2.45) is 0 Å². The fraction of sp³-hybridized carbons (Fsp3) is 0.111. The van der Waals surface area contributed by atoms with Crippen molar-refractivity contribution in [1.82, 2.24) is 14.8 Å². The molecular formula is C18H14N4O2S. The van der Waals surface area contributed by atoms with Crippen LogP contribution < -0.4 is 0 Å². The van der Waals surface area contributed by atoms with Gasteiger partial charge in [0.05, 0.1) is 28.9 Å². The monoisotopic (exact) mass is 350 g/mol. The number of aromatic nitrogens is 3. The maximum atomic E-state index is 11.0. The van der Waals surface area contributed by atoms with Crippen LogP contribution in [-0.4, -0.2) is 19.7 Å². The predicted octanol–water partition coefficient (Wildman–Crippen LogP) is 4.42. The zero-order chi connectivity index (χ0) is 17.4. The molecule has 0 aliphatic rings. The van der Waals surface area contributed by atoms with Gasteiger partial charge in [0, 0.05) is 28.5 Å². The third-order valence-electron chi connectivity index (χ3n) is 4.00. The van der Waals surface area contributed by atoms with E-state index >= 15 is 0 Å². The second-order valence-electron chi connectivity index (χ2n) is 5.81. The quantitative estimate of drug-likeness (QED) is 0.403. The molecule has 0 saturated heterocycles. The first-order valence-electron chi connectivity index (χ1n) is 7.71. The zero-order valence-corrected chi connectivity index (χ0v) is 14.2. The van der Waals surface area contributed by atoms with Gasteiger partial charge in [0.25, 0.3) is 5.69 Å². The minimum Gasteiger partial charge on any atom is -0.259 e. The molecule has 0 unspecified atom stereocenters. The van der Waals surface area contributed by atoms with Gasteiger partial charge < -0.3 is 0 Å². The summed E-state index contributed by atoms with van der Waals surface area (Å²) < 4.78 is 1.75. The van der Waals surface area contributed by atoms with Crippen LogP contribution in [0.25, 0.3) is 21.5 Å². The van der Waals surface area contributed by atoms with Crippen LogP contribution in [0.5, 0.6) is 0 Å². The summed E-state index contributed by atoms with van der Waals surface area (Å²) in [6.07, 6.45) is 1.71. The number of benzene rings is 2. The fourth-order valence-corrected chi connectivity index (χ4v) is 3.48. The van der Waals surface area contributed by atoms with Crippen molar-refractivity contribution in [1.29, 1.82) is 0 Å². The Morgan fingerprint density at radius 1 is 1.20 bits per heavy atom. The molecule has 25 heavy (non-hydrogen) atoms. The summed E-state index contributed by atoms with van der Waals surface area (Å²) in [6, 6.07) is 13.0. The number of thiazole rings is 1. The highest BCUT2D eigenvalue weighted by atomic mass is 32.1. The second-order valence-corrected chi connectivity index (χ2v) is 6.67. The Kier molecular flexibility index (Phi) is 3.77. The lowest BCUT2D eigenvalue weighted by molar-refractivity contribution is -0.384. The van der Waals surface area contributed by atoms with Gasteiger partial charge in [-0.25, -0.2) is 4.98 Å². The molecule has 2 heterocycles. The van der Waals surface area contributed by atoms with E-state index < -0.39 is 4.92 Å². The molecule has 6 nitrogen and oxygen atoms in total. The molecule has 0 aliphatic carbocycles. The van der Waals surface area contributed by atoms with Crippen molar-refractivity contribution in [3.63, 3.8) is 0 Å². The van der Waals surface area contributed by atoms with E-state index in [0.29, 0.717) is 6.54 Å². The van der Waals surface area contributed by atoms with Gasteiger partial charge in [-0.3, -0.25) is 14.8 Å². The lowest BCUT2D eigenvalue weighted by atomic mass is 10.2. The zero-order valence-electron chi connectivity index (χ0n) is 13.4. The minimum atomic E-state index is -0.394. The first-order valence-corrected chi connectivity index (χ1v) is 8.59. The van der Waals surface area contributed by atoms with Gasteiger partial charge in [0.1, 0.15) is 5.01 Å². The molecule has 0 N–H and O–H groups in total. The SMILES string of the molecule is Cc1ccc(-c2nc(Cn3ncc4ccc([N+](=O)[O-])cc43)cs2)cc1. The number of fused-ring (bicyclic) bond motifs is 1. The number of nitro groups is 1. The summed E-state index contributed by atoms with van der Waals surface area (Å²) in [5, 5.41) is 19.2. The molecule has 0 aliphatic heterocycles. The van der Waals surface area contributed by atoms with Crippen LogP contribution in [0.1, 0.15) is 11.3 Å². The molecule has 0 atom stereocenters. The standard InChI is InChI=1S/C18H14N4O2S/c1-12-2-4-13(5-3-12)18-20-15(11-25-18)10-21-17-8-16(22(23)24)7-6-14(17)9-19-21/h2-9,11H,10H2,1H3. The first-order chi connectivity index (χ1) is 12.1. The summed E-state index contributed by atoms with van der Waals surface area (Å²) in [5.74, 6) is 0. The van der Waals surface area contributed by atoms with E-state index in [2.05, 4.69) is 41.3 Å². The van der Waals surface area contributed by atoms with Gasteiger partial charge >= 0.3 is 0 Å². The molecule has 7 heteroatoms. The van der Waals surface area contributed by atoms with E-state index in [1.54, 1.807) is 34.3 Å². The fourth-order valence-electron chi connectivity index (χ4n) is 2.66. The van der Waals surface area contributed by atoms with E-state index in [9.17, 15) is 10.1 Å². The predicted molar refractivity (Wildman–Crippen MR) is 97.8 cm³/mol. The largest absolute Gasteiger partial charge is 0.271 e. The molecule has 2 aromatic heterocycles. The molecule has 0 spiro atoms. The Morgan fingerprint density at radius 2 is 2.00 bits per heavy atom. The number of hydrogen-bond donors (Lipinski definition) is 0. The number of non-ortho nitro benzene ring substituents is 1. The van der Waals surface area contributed by atoms with Crippen LogP contribution in [0, 0.1) is 17.0 Å². The number of rotatable bonds is 4. The number of nitro benzene ring substituents is 1. The van der Waals surface area contributed by atoms with E-state index in [1.165, 1.54) is 11.6 Å². The first kappa shape index (κ1) is 15.5. The van der Waals surface area contributed by atoms with Crippen LogP contribution in [-0.2, 0) is 6.54 Å². The Labute approximate surface area is 147 Å². The van der Waals surface area contributed by atoms with Gasteiger partial charge in [-0.05, 0) is 13.0 Å². The molecule has 0 bridgehead atoms. The molecule has 2 aromatic carbocycles. The van der Waals surface area contributed by atoms with Crippen LogP contribution in [0.15, 0.2) is 54.0 Å². The number of aryl methyl sites for hydroxylation is 1. The average Bonchev–Trinajstić information content (AvgIpc) is 3.23. The smallest absolute Gasteiger partial charge is 0.259 e. The van der Waals surface area contributed by atoms with Crippen LogP contribution >= 0.6 is 11.3 Å². The maximum absolute atomic E-state index is 11.0. The molecular weight excluding hydrogens is 336 g/mol. The lowest BCUT2D eigenvalue weighted by Crippen LogP contribution is -2.02. The summed E-state index contributed by atoms with van der Waals surface area (Å²) in [6.45, 7) is 2.53. The molecule has 4 aromatic rings. The maximum Gasteiger partial charge on any atom is 0.271 e. The van der Waals surface area contributed by atoms with Gasteiger partial charge in [0.15, 0.2) is 0 Å². The topological polar surface area (TPSA) is 73.8 Å². The van der Waals surface area contributed by atoms with Crippen molar-refractivity contribution in [3.8, 4) is 10.6 Å². The van der Waals surface area contributed by atoms with E-state index in [-0.39, 0.29) is 5.69 Å². The van der Waals surface area contributed by atoms with Gasteiger partial charge in [0.2, 0.25) is 0 Å².